The van der Waals surface area contributed by atoms with Crippen LogP contribution in [0.3, 0.4) is 0 Å². The van der Waals surface area contributed by atoms with Crippen molar-refractivity contribution in [3.05, 3.63) is 179 Å². The molecule has 0 aliphatic carbocycles. The van der Waals surface area contributed by atoms with Crippen molar-refractivity contribution in [3.8, 4) is 39.1 Å². The van der Waals surface area contributed by atoms with Crippen molar-refractivity contribution in [2.45, 2.75) is 27.0 Å². The quantitative estimate of drug-likeness (QED) is 0.200. The van der Waals surface area contributed by atoms with Crippen molar-refractivity contribution in [2.75, 3.05) is 4.90 Å². The Hall–Kier alpha value is -6.23. The second-order valence-corrected chi connectivity index (χ2v) is 13.6. The van der Waals surface area contributed by atoms with Crippen LogP contribution < -0.4 is 4.90 Å². The molecule has 4 heteroatoms. The number of aryl methyl sites for hydroxylation is 3. The summed E-state index contributed by atoms with van der Waals surface area (Å²) in [4.78, 5) is 16.4. The minimum atomic E-state index is -1.15. The number of carbonyl (C=O) groups excluding carboxylic acids is 1. The van der Waals surface area contributed by atoms with E-state index < -0.39 is 6.23 Å². The Morgan fingerprint density at radius 2 is 1.12 bits per heavy atom. The zero-order valence-electron chi connectivity index (χ0n) is 28.8. The highest BCUT2D eigenvalue weighted by molar-refractivity contribution is 6.16. The lowest BCUT2D eigenvalue weighted by molar-refractivity contribution is 0.0935. The van der Waals surface area contributed by atoms with Gasteiger partial charge in [-0.25, -0.2) is 0 Å². The van der Waals surface area contributed by atoms with Gasteiger partial charge >= 0.3 is 0 Å². The summed E-state index contributed by atoms with van der Waals surface area (Å²) in [6, 6.07) is 51.8. The van der Waals surface area contributed by atoms with Crippen LogP contribution >= 0.6 is 0 Å². The fourth-order valence-corrected chi connectivity index (χ4v) is 8.19. The number of hydrogen-bond donors (Lipinski definition) is 1. The molecule has 0 fully saturated rings. The smallest absolute Gasteiger partial charge is 0.263 e. The normalized spacial score (nSPS) is 14.1. The third-order valence-electron chi connectivity index (χ3n) is 10.3. The summed E-state index contributed by atoms with van der Waals surface area (Å²) >= 11 is 0. The molecule has 7 aromatic carbocycles. The van der Waals surface area contributed by atoms with Crippen molar-refractivity contribution in [3.63, 3.8) is 0 Å². The monoisotopic (exact) mass is 660 g/mol. The summed E-state index contributed by atoms with van der Waals surface area (Å²) in [6.07, 6.45) is -1.15. The number of rotatable bonds is 5. The molecule has 0 spiro atoms. The Morgan fingerprint density at radius 1 is 0.510 bits per heavy atom. The number of para-hydroxylation sites is 1. The number of aliphatic hydroxyl groups is 1. The van der Waals surface area contributed by atoms with Crippen LogP contribution in [-0.4, -0.2) is 15.6 Å². The van der Waals surface area contributed by atoms with Crippen molar-refractivity contribution < 1.29 is 9.90 Å². The average Bonchev–Trinajstić information content (AvgIpc) is 3.61. The van der Waals surface area contributed by atoms with Crippen LogP contribution in [0.25, 0.3) is 60.9 Å². The van der Waals surface area contributed by atoms with Crippen LogP contribution in [0.15, 0.2) is 152 Å². The van der Waals surface area contributed by atoms with Crippen LogP contribution in [0.2, 0.25) is 0 Å². The van der Waals surface area contributed by atoms with Gasteiger partial charge in [-0.15, -0.1) is 0 Å². The van der Waals surface area contributed by atoms with Gasteiger partial charge in [-0.1, -0.05) is 121 Å². The maximum absolute atomic E-state index is 14.9. The number of benzene rings is 7. The van der Waals surface area contributed by atoms with Crippen molar-refractivity contribution in [1.29, 1.82) is 0 Å². The highest BCUT2D eigenvalue weighted by atomic mass is 16.3. The molecule has 0 saturated heterocycles. The molecule has 0 bridgehead atoms. The van der Waals surface area contributed by atoms with E-state index in [2.05, 4.69) is 104 Å². The number of aromatic nitrogens is 1. The largest absolute Gasteiger partial charge is 0.369 e. The summed E-state index contributed by atoms with van der Waals surface area (Å²) in [6.45, 7) is 6.48. The van der Waals surface area contributed by atoms with E-state index in [4.69, 9.17) is 0 Å². The molecule has 4 nitrogen and oxygen atoms in total. The van der Waals surface area contributed by atoms with E-state index in [0.29, 0.717) is 16.8 Å². The molecular weight excluding hydrogens is 625 g/mol. The van der Waals surface area contributed by atoms with Gasteiger partial charge in [0.1, 0.15) is 0 Å². The summed E-state index contributed by atoms with van der Waals surface area (Å²) in [5.41, 5.74) is 14.6. The third-order valence-corrected chi connectivity index (χ3v) is 10.3. The van der Waals surface area contributed by atoms with Crippen LogP contribution in [0.4, 0.5) is 5.69 Å². The first-order chi connectivity index (χ1) is 24.9. The van der Waals surface area contributed by atoms with Crippen molar-refractivity contribution in [1.82, 2.24) is 4.57 Å². The first kappa shape index (κ1) is 30.8. The maximum atomic E-state index is 14.9. The van der Waals surface area contributed by atoms with Gasteiger partial charge in [0.2, 0.25) is 0 Å². The molecule has 0 radical (unpaired) electrons. The number of fused-ring (bicyclic) bond motifs is 4. The molecule has 1 unspecified atom stereocenters. The Morgan fingerprint density at radius 3 is 1.78 bits per heavy atom. The van der Waals surface area contributed by atoms with Crippen LogP contribution in [-0.2, 0) is 0 Å². The minimum Gasteiger partial charge on any atom is -0.369 e. The second kappa shape index (κ2) is 12.0. The highest BCUT2D eigenvalue weighted by Crippen LogP contribution is 2.44. The zero-order valence-corrected chi connectivity index (χ0v) is 28.8. The number of hydrogen-bond acceptors (Lipinski definition) is 2. The Kier molecular flexibility index (Phi) is 7.23. The summed E-state index contributed by atoms with van der Waals surface area (Å²) < 4.78 is 2.20. The topological polar surface area (TPSA) is 45.5 Å². The van der Waals surface area contributed by atoms with Crippen LogP contribution in [0.1, 0.15) is 38.8 Å². The second-order valence-electron chi connectivity index (χ2n) is 13.6. The molecule has 0 saturated carbocycles. The average molecular weight is 661 g/mol. The maximum Gasteiger partial charge on any atom is 0.263 e. The molecule has 1 aliphatic heterocycles. The van der Waals surface area contributed by atoms with E-state index in [-0.39, 0.29) is 5.91 Å². The van der Waals surface area contributed by atoms with Gasteiger partial charge in [0.05, 0.1) is 22.3 Å². The molecule has 1 N–H and O–H groups in total. The van der Waals surface area contributed by atoms with Crippen LogP contribution in [0.5, 0.6) is 0 Å². The number of amides is 1. The Labute approximate surface area is 297 Å². The van der Waals surface area contributed by atoms with E-state index in [1.807, 2.05) is 72.8 Å². The van der Waals surface area contributed by atoms with Crippen molar-refractivity contribution >= 4 is 33.4 Å². The predicted molar refractivity (Wildman–Crippen MR) is 210 cm³/mol. The highest BCUT2D eigenvalue weighted by Gasteiger charge is 2.39. The summed E-state index contributed by atoms with van der Waals surface area (Å²) in [5, 5.41) is 14.2. The molecule has 1 aliphatic rings. The van der Waals surface area contributed by atoms with E-state index in [9.17, 15) is 9.90 Å². The number of aliphatic hydroxyl groups excluding tert-OH is 1. The lowest BCUT2D eigenvalue weighted by atomic mass is 9.93. The molecule has 51 heavy (non-hydrogen) atoms. The molecule has 246 valence electrons. The molecular formula is C47H36N2O2. The van der Waals surface area contributed by atoms with Gasteiger partial charge in [-0.2, -0.15) is 0 Å². The molecule has 1 amide bonds. The third kappa shape index (κ3) is 4.99. The SMILES string of the molecule is Cc1cc(C)c(-c2ccc3c4ccccc4n(-c4cccc5c4C(=O)N(c4cc(-c6ccccc6)cc(-c6ccccc6)c4)C5O)c3c2)c(C)c1. The minimum absolute atomic E-state index is 0.232. The Balaban J connectivity index is 1.24. The number of nitrogens with zero attached hydrogens (tertiary/aromatic N) is 2. The van der Waals surface area contributed by atoms with Gasteiger partial charge in [-0.05, 0) is 102 Å². The summed E-state index contributed by atoms with van der Waals surface area (Å²) in [7, 11) is 0. The zero-order chi connectivity index (χ0) is 34.8. The van der Waals surface area contributed by atoms with Gasteiger partial charge in [0, 0.05) is 22.0 Å². The molecule has 1 atom stereocenters. The van der Waals surface area contributed by atoms with Gasteiger partial charge in [0.25, 0.3) is 5.91 Å². The van der Waals surface area contributed by atoms with E-state index in [0.717, 1.165) is 55.3 Å². The number of anilines is 1. The summed E-state index contributed by atoms with van der Waals surface area (Å²) in [5.74, 6) is -0.232. The van der Waals surface area contributed by atoms with Gasteiger partial charge in [0.15, 0.2) is 6.23 Å². The van der Waals surface area contributed by atoms with E-state index in [1.54, 1.807) is 4.90 Å². The lowest BCUT2D eigenvalue weighted by Gasteiger charge is -2.23. The van der Waals surface area contributed by atoms with Crippen LogP contribution in [0, 0.1) is 20.8 Å². The lowest BCUT2D eigenvalue weighted by Crippen LogP contribution is -2.27. The van der Waals surface area contributed by atoms with E-state index in [1.165, 1.54) is 22.3 Å². The molecule has 1 aromatic heterocycles. The van der Waals surface area contributed by atoms with Crippen molar-refractivity contribution in [2.24, 2.45) is 0 Å². The standard InChI is InChI=1S/C47H36N2O2/c1-29-23-30(2)44(31(3)24-29)34-21-22-39-38-17-10-11-19-41(38)49(43(39)28-34)42-20-12-18-40-45(42)47(51)48(46(40)50)37-26-35(32-13-6-4-7-14-32)25-36(27-37)33-15-8-5-9-16-33/h4-28,46,50H,1-3H3. The number of carbonyl (C=O) groups is 1. The Bertz CT molecular complexity index is 2570. The predicted octanol–water partition coefficient (Wildman–Crippen LogP) is 11.4. The fraction of sp³-hybridized carbons (Fsp3) is 0.0851. The fourth-order valence-electron chi connectivity index (χ4n) is 8.19. The molecule has 2 heterocycles. The van der Waals surface area contributed by atoms with Gasteiger partial charge in [-0.3, -0.25) is 9.69 Å². The van der Waals surface area contributed by atoms with E-state index >= 15 is 0 Å². The first-order valence-corrected chi connectivity index (χ1v) is 17.4. The molecule has 9 rings (SSSR count). The van der Waals surface area contributed by atoms with Gasteiger partial charge < -0.3 is 9.67 Å². The first-order valence-electron chi connectivity index (χ1n) is 17.4. The molecule has 8 aromatic rings.